The Bertz CT molecular complexity index is 352. The zero-order valence-electron chi connectivity index (χ0n) is 9.34. The van der Waals surface area contributed by atoms with E-state index in [-0.39, 0.29) is 11.8 Å². The molecule has 0 aromatic carbocycles. The summed E-state index contributed by atoms with van der Waals surface area (Å²) < 4.78 is 10.6. The molecule has 0 amide bonds. The second kappa shape index (κ2) is 6.07. The summed E-state index contributed by atoms with van der Waals surface area (Å²) in [5.41, 5.74) is -0.0257. The van der Waals surface area contributed by atoms with Gasteiger partial charge in [0.05, 0.1) is 12.7 Å². The van der Waals surface area contributed by atoms with Crippen LogP contribution in [-0.4, -0.2) is 35.4 Å². The van der Waals surface area contributed by atoms with E-state index in [2.05, 4.69) is 4.98 Å². The van der Waals surface area contributed by atoms with Crippen molar-refractivity contribution in [1.82, 2.24) is 4.98 Å². The number of pyridine rings is 1. The van der Waals surface area contributed by atoms with Gasteiger partial charge >= 0.3 is 5.97 Å². The molecule has 1 aromatic heterocycles. The first-order chi connectivity index (χ1) is 7.59. The monoisotopic (exact) mass is 225 g/mol. The molecule has 0 fully saturated rings. The van der Waals surface area contributed by atoms with E-state index in [9.17, 15) is 4.79 Å². The number of carboxylic acids is 1. The van der Waals surface area contributed by atoms with Crippen LogP contribution in [0.4, 0.5) is 0 Å². The molecule has 0 saturated carbocycles. The highest BCUT2D eigenvalue weighted by atomic mass is 16.5. The normalized spacial score (nSPS) is 10.4. The van der Waals surface area contributed by atoms with Crippen molar-refractivity contribution in [3.05, 3.63) is 24.0 Å². The van der Waals surface area contributed by atoms with Crippen molar-refractivity contribution in [2.24, 2.45) is 0 Å². The smallest absolute Gasteiger partial charge is 0.354 e. The minimum atomic E-state index is -1.07. The fourth-order valence-corrected chi connectivity index (χ4v) is 1.06. The molecule has 0 aliphatic carbocycles. The van der Waals surface area contributed by atoms with Gasteiger partial charge in [-0.05, 0) is 19.9 Å². The summed E-state index contributed by atoms with van der Waals surface area (Å²) in [6.45, 7) is 4.74. The summed E-state index contributed by atoms with van der Waals surface area (Å²) in [5, 5.41) is 8.71. The van der Waals surface area contributed by atoms with E-state index in [1.165, 1.54) is 12.3 Å². The minimum Gasteiger partial charge on any atom is -0.491 e. The number of ether oxygens (including phenoxy) is 2. The number of carboxylic acid groups (broad SMARTS) is 1. The second-order valence-electron chi connectivity index (χ2n) is 3.45. The number of aromatic nitrogens is 1. The third-order valence-corrected chi connectivity index (χ3v) is 1.75. The lowest BCUT2D eigenvalue weighted by Crippen LogP contribution is -2.11. The Hall–Kier alpha value is -1.62. The van der Waals surface area contributed by atoms with Crippen LogP contribution in [-0.2, 0) is 4.74 Å². The van der Waals surface area contributed by atoms with Crippen molar-refractivity contribution in [3.63, 3.8) is 0 Å². The molecule has 1 aromatic rings. The first-order valence-electron chi connectivity index (χ1n) is 5.03. The summed E-state index contributed by atoms with van der Waals surface area (Å²) in [7, 11) is 0. The Morgan fingerprint density at radius 1 is 1.50 bits per heavy atom. The van der Waals surface area contributed by atoms with Crippen LogP contribution >= 0.6 is 0 Å². The number of carbonyl (C=O) groups is 1. The topological polar surface area (TPSA) is 68.7 Å². The second-order valence-corrected chi connectivity index (χ2v) is 3.45. The average molecular weight is 225 g/mol. The SMILES string of the molecule is CC(C)OCCOc1ccnc(C(=O)O)c1. The van der Waals surface area contributed by atoms with Crippen LogP contribution in [0.2, 0.25) is 0 Å². The van der Waals surface area contributed by atoms with Gasteiger partial charge in [0.2, 0.25) is 0 Å². The van der Waals surface area contributed by atoms with E-state index < -0.39 is 5.97 Å². The molecular weight excluding hydrogens is 210 g/mol. The molecule has 1 rings (SSSR count). The Balaban J connectivity index is 2.42. The van der Waals surface area contributed by atoms with Crippen LogP contribution in [0.15, 0.2) is 18.3 Å². The van der Waals surface area contributed by atoms with Gasteiger partial charge in [-0.25, -0.2) is 9.78 Å². The lowest BCUT2D eigenvalue weighted by Gasteiger charge is -2.09. The van der Waals surface area contributed by atoms with Crippen LogP contribution in [0.25, 0.3) is 0 Å². The van der Waals surface area contributed by atoms with Gasteiger partial charge in [-0.1, -0.05) is 0 Å². The summed E-state index contributed by atoms with van der Waals surface area (Å²) in [6, 6.07) is 3.00. The van der Waals surface area contributed by atoms with Gasteiger partial charge in [0.25, 0.3) is 0 Å². The molecule has 0 bridgehead atoms. The van der Waals surface area contributed by atoms with E-state index >= 15 is 0 Å². The fraction of sp³-hybridized carbons (Fsp3) is 0.455. The van der Waals surface area contributed by atoms with Crippen molar-refractivity contribution >= 4 is 5.97 Å². The maximum absolute atomic E-state index is 10.6. The first-order valence-corrected chi connectivity index (χ1v) is 5.03. The van der Waals surface area contributed by atoms with Crippen LogP contribution in [0.1, 0.15) is 24.3 Å². The molecule has 0 spiro atoms. The maximum Gasteiger partial charge on any atom is 0.354 e. The maximum atomic E-state index is 10.6. The average Bonchev–Trinajstić information content (AvgIpc) is 2.24. The van der Waals surface area contributed by atoms with E-state index in [0.29, 0.717) is 19.0 Å². The number of nitrogens with zero attached hydrogens (tertiary/aromatic N) is 1. The molecule has 0 saturated heterocycles. The molecule has 0 radical (unpaired) electrons. The number of aromatic carboxylic acids is 1. The molecule has 88 valence electrons. The molecule has 1 heterocycles. The zero-order valence-corrected chi connectivity index (χ0v) is 9.34. The van der Waals surface area contributed by atoms with Crippen molar-refractivity contribution < 1.29 is 19.4 Å². The summed E-state index contributed by atoms with van der Waals surface area (Å²) in [5.74, 6) is -0.580. The lowest BCUT2D eigenvalue weighted by atomic mass is 10.3. The van der Waals surface area contributed by atoms with Gasteiger partial charge in [0.1, 0.15) is 12.4 Å². The molecule has 0 unspecified atom stereocenters. The molecule has 0 aliphatic heterocycles. The van der Waals surface area contributed by atoms with E-state index in [1.807, 2.05) is 13.8 Å². The number of hydrogen-bond acceptors (Lipinski definition) is 4. The number of rotatable bonds is 6. The molecular formula is C11H15NO4. The van der Waals surface area contributed by atoms with Crippen LogP contribution in [0.5, 0.6) is 5.75 Å². The van der Waals surface area contributed by atoms with Gasteiger partial charge in [0, 0.05) is 12.3 Å². The van der Waals surface area contributed by atoms with Crippen molar-refractivity contribution in [2.45, 2.75) is 20.0 Å². The molecule has 5 heteroatoms. The molecule has 0 aliphatic rings. The van der Waals surface area contributed by atoms with Gasteiger partial charge in [-0.15, -0.1) is 0 Å². The highest BCUT2D eigenvalue weighted by molar-refractivity contribution is 5.85. The van der Waals surface area contributed by atoms with Gasteiger partial charge in [-0.2, -0.15) is 0 Å². The minimum absolute atomic E-state index is 0.0257. The Kier molecular flexibility index (Phi) is 4.72. The van der Waals surface area contributed by atoms with Gasteiger partial charge in [-0.3, -0.25) is 0 Å². The zero-order chi connectivity index (χ0) is 12.0. The Morgan fingerprint density at radius 2 is 2.25 bits per heavy atom. The standard InChI is InChI=1S/C11H15NO4/c1-8(2)15-5-6-16-9-3-4-12-10(7-9)11(13)14/h3-4,7-8H,5-6H2,1-2H3,(H,13,14). The molecule has 1 N–H and O–H groups in total. The predicted molar refractivity (Wildman–Crippen MR) is 57.8 cm³/mol. The van der Waals surface area contributed by atoms with Crippen molar-refractivity contribution in [1.29, 1.82) is 0 Å². The van der Waals surface area contributed by atoms with Crippen molar-refractivity contribution in [3.8, 4) is 5.75 Å². The summed E-state index contributed by atoms with van der Waals surface area (Å²) >= 11 is 0. The Morgan fingerprint density at radius 3 is 2.88 bits per heavy atom. The largest absolute Gasteiger partial charge is 0.491 e. The Labute approximate surface area is 94.0 Å². The third-order valence-electron chi connectivity index (χ3n) is 1.75. The first kappa shape index (κ1) is 12.4. The van der Waals surface area contributed by atoms with Crippen LogP contribution in [0, 0.1) is 0 Å². The molecule has 0 atom stereocenters. The van der Waals surface area contributed by atoms with E-state index in [1.54, 1.807) is 6.07 Å². The van der Waals surface area contributed by atoms with E-state index in [0.717, 1.165) is 0 Å². The number of hydrogen-bond donors (Lipinski definition) is 1. The summed E-state index contributed by atoms with van der Waals surface area (Å²) in [6.07, 6.45) is 1.57. The van der Waals surface area contributed by atoms with E-state index in [4.69, 9.17) is 14.6 Å². The fourth-order valence-electron chi connectivity index (χ4n) is 1.06. The van der Waals surface area contributed by atoms with Gasteiger partial charge < -0.3 is 14.6 Å². The quantitative estimate of drug-likeness (QED) is 0.744. The summed E-state index contributed by atoms with van der Waals surface area (Å²) in [4.78, 5) is 14.3. The highest BCUT2D eigenvalue weighted by Crippen LogP contribution is 2.10. The third kappa shape index (κ3) is 4.27. The van der Waals surface area contributed by atoms with Crippen molar-refractivity contribution in [2.75, 3.05) is 13.2 Å². The lowest BCUT2D eigenvalue weighted by molar-refractivity contribution is 0.0552. The van der Waals surface area contributed by atoms with Gasteiger partial charge in [0.15, 0.2) is 5.69 Å². The predicted octanol–water partition coefficient (Wildman–Crippen LogP) is 1.58. The van der Waals surface area contributed by atoms with Crippen LogP contribution in [0.3, 0.4) is 0 Å². The van der Waals surface area contributed by atoms with Crippen LogP contribution < -0.4 is 4.74 Å². The molecule has 5 nitrogen and oxygen atoms in total. The highest BCUT2D eigenvalue weighted by Gasteiger charge is 2.05. The molecule has 16 heavy (non-hydrogen) atoms.